The molecule has 1 heterocycles. The maximum atomic E-state index is 11.4. The summed E-state index contributed by atoms with van der Waals surface area (Å²) in [6, 6.07) is 5.83. The summed E-state index contributed by atoms with van der Waals surface area (Å²) in [5, 5.41) is 0. The van der Waals surface area contributed by atoms with E-state index in [1.165, 1.54) is 0 Å². The van der Waals surface area contributed by atoms with Gasteiger partial charge in [0.15, 0.2) is 0 Å². The standard InChI is InChI=1S/C15H20O4/c1-10-4-11(8-15(16)19-10)5-12-6-13(17-2)9-14(7-12)18-3/h6-7,9-11H,4-5,8H2,1-3H3. The molecule has 0 spiro atoms. The summed E-state index contributed by atoms with van der Waals surface area (Å²) in [5.41, 5.74) is 1.13. The number of benzene rings is 1. The molecule has 0 amide bonds. The summed E-state index contributed by atoms with van der Waals surface area (Å²) in [7, 11) is 3.28. The lowest BCUT2D eigenvalue weighted by Crippen LogP contribution is -2.28. The van der Waals surface area contributed by atoms with Gasteiger partial charge in [0.1, 0.15) is 11.5 Å². The highest BCUT2D eigenvalue weighted by Gasteiger charge is 2.26. The molecular formula is C15H20O4. The normalized spacial score (nSPS) is 22.8. The SMILES string of the molecule is COc1cc(CC2CC(=O)OC(C)C2)cc(OC)c1. The average Bonchev–Trinajstić information content (AvgIpc) is 2.37. The Morgan fingerprint density at radius 1 is 1.21 bits per heavy atom. The van der Waals surface area contributed by atoms with Crippen LogP contribution in [0, 0.1) is 5.92 Å². The minimum absolute atomic E-state index is 0.0127. The third-order valence-corrected chi connectivity index (χ3v) is 3.39. The van der Waals surface area contributed by atoms with Gasteiger partial charge in [-0.2, -0.15) is 0 Å². The van der Waals surface area contributed by atoms with E-state index in [0.29, 0.717) is 12.3 Å². The molecule has 1 saturated heterocycles. The third-order valence-electron chi connectivity index (χ3n) is 3.39. The van der Waals surface area contributed by atoms with Crippen molar-refractivity contribution in [2.24, 2.45) is 5.92 Å². The molecular weight excluding hydrogens is 244 g/mol. The molecule has 1 aromatic carbocycles. The smallest absolute Gasteiger partial charge is 0.306 e. The summed E-state index contributed by atoms with van der Waals surface area (Å²) in [4.78, 5) is 11.4. The van der Waals surface area contributed by atoms with Crippen molar-refractivity contribution < 1.29 is 19.0 Å². The van der Waals surface area contributed by atoms with Gasteiger partial charge in [0, 0.05) is 12.5 Å². The lowest BCUT2D eigenvalue weighted by Gasteiger charge is -2.26. The highest BCUT2D eigenvalue weighted by Crippen LogP contribution is 2.28. The number of carbonyl (C=O) groups excluding carboxylic acids is 1. The van der Waals surface area contributed by atoms with Crippen molar-refractivity contribution in [1.82, 2.24) is 0 Å². The van der Waals surface area contributed by atoms with Crippen LogP contribution in [0.5, 0.6) is 11.5 Å². The van der Waals surface area contributed by atoms with Gasteiger partial charge < -0.3 is 14.2 Å². The first kappa shape index (κ1) is 13.7. The van der Waals surface area contributed by atoms with E-state index in [9.17, 15) is 4.79 Å². The first-order chi connectivity index (χ1) is 9.10. The van der Waals surface area contributed by atoms with Crippen molar-refractivity contribution >= 4 is 5.97 Å². The van der Waals surface area contributed by atoms with E-state index in [0.717, 1.165) is 29.9 Å². The van der Waals surface area contributed by atoms with E-state index in [4.69, 9.17) is 14.2 Å². The van der Waals surface area contributed by atoms with Crippen molar-refractivity contribution in [2.45, 2.75) is 32.3 Å². The molecule has 2 rings (SSSR count). The van der Waals surface area contributed by atoms with Crippen LogP contribution in [0.25, 0.3) is 0 Å². The molecule has 0 radical (unpaired) electrons. The summed E-state index contributed by atoms with van der Waals surface area (Å²) < 4.78 is 15.7. The molecule has 2 atom stereocenters. The van der Waals surface area contributed by atoms with Gasteiger partial charge >= 0.3 is 5.97 Å². The maximum Gasteiger partial charge on any atom is 0.306 e. The van der Waals surface area contributed by atoms with Gasteiger partial charge in [-0.15, -0.1) is 0 Å². The second-order valence-electron chi connectivity index (χ2n) is 5.03. The maximum absolute atomic E-state index is 11.4. The van der Waals surface area contributed by atoms with Crippen molar-refractivity contribution in [1.29, 1.82) is 0 Å². The molecule has 4 heteroatoms. The Bertz CT molecular complexity index is 433. The largest absolute Gasteiger partial charge is 0.497 e. The number of methoxy groups -OCH3 is 2. The number of ether oxygens (including phenoxy) is 3. The molecule has 19 heavy (non-hydrogen) atoms. The van der Waals surface area contributed by atoms with E-state index in [1.54, 1.807) is 14.2 Å². The van der Waals surface area contributed by atoms with E-state index >= 15 is 0 Å². The lowest BCUT2D eigenvalue weighted by molar-refractivity contribution is -0.155. The van der Waals surface area contributed by atoms with Crippen LogP contribution in [0.3, 0.4) is 0 Å². The molecule has 0 N–H and O–H groups in total. The van der Waals surface area contributed by atoms with E-state index < -0.39 is 0 Å². The molecule has 104 valence electrons. The lowest BCUT2D eigenvalue weighted by atomic mass is 9.89. The fourth-order valence-electron chi connectivity index (χ4n) is 2.58. The Kier molecular flexibility index (Phi) is 4.30. The monoisotopic (exact) mass is 264 g/mol. The summed E-state index contributed by atoms with van der Waals surface area (Å²) in [5.74, 6) is 1.79. The van der Waals surface area contributed by atoms with Crippen LogP contribution in [-0.2, 0) is 16.0 Å². The fraction of sp³-hybridized carbons (Fsp3) is 0.533. The fourth-order valence-corrected chi connectivity index (χ4v) is 2.58. The molecule has 1 aliphatic rings. The van der Waals surface area contributed by atoms with Crippen molar-refractivity contribution in [3.63, 3.8) is 0 Å². The average molecular weight is 264 g/mol. The first-order valence-electron chi connectivity index (χ1n) is 6.52. The quantitative estimate of drug-likeness (QED) is 0.784. The second-order valence-corrected chi connectivity index (χ2v) is 5.03. The number of hydrogen-bond donors (Lipinski definition) is 0. The highest BCUT2D eigenvalue weighted by atomic mass is 16.5. The van der Waals surface area contributed by atoms with E-state index in [1.807, 2.05) is 25.1 Å². The predicted molar refractivity (Wildman–Crippen MR) is 71.5 cm³/mol. The number of esters is 1. The molecule has 0 aromatic heterocycles. The summed E-state index contributed by atoms with van der Waals surface area (Å²) in [6.45, 7) is 1.94. The molecule has 1 fully saturated rings. The summed E-state index contributed by atoms with van der Waals surface area (Å²) >= 11 is 0. The van der Waals surface area contributed by atoms with Gasteiger partial charge in [-0.1, -0.05) is 0 Å². The van der Waals surface area contributed by atoms with Crippen LogP contribution in [0.1, 0.15) is 25.3 Å². The Balaban J connectivity index is 2.11. The van der Waals surface area contributed by atoms with Gasteiger partial charge in [-0.05, 0) is 43.4 Å². The molecule has 0 bridgehead atoms. The van der Waals surface area contributed by atoms with Gasteiger partial charge in [0.2, 0.25) is 0 Å². The molecule has 0 saturated carbocycles. The van der Waals surface area contributed by atoms with E-state index in [-0.39, 0.29) is 12.1 Å². The first-order valence-corrected chi connectivity index (χ1v) is 6.52. The number of cyclic esters (lactones) is 1. The molecule has 2 unspecified atom stereocenters. The van der Waals surface area contributed by atoms with Gasteiger partial charge in [0.25, 0.3) is 0 Å². The second kappa shape index (κ2) is 5.95. The molecule has 4 nitrogen and oxygen atoms in total. The highest BCUT2D eigenvalue weighted by molar-refractivity contribution is 5.70. The van der Waals surface area contributed by atoms with Crippen molar-refractivity contribution in [3.8, 4) is 11.5 Å². The predicted octanol–water partition coefficient (Wildman–Crippen LogP) is 2.59. The minimum Gasteiger partial charge on any atom is -0.497 e. The zero-order valence-corrected chi connectivity index (χ0v) is 11.6. The van der Waals surface area contributed by atoms with Gasteiger partial charge in [-0.3, -0.25) is 4.79 Å². The van der Waals surface area contributed by atoms with Gasteiger partial charge in [-0.25, -0.2) is 0 Å². The van der Waals surface area contributed by atoms with Crippen LogP contribution in [0.15, 0.2) is 18.2 Å². The van der Waals surface area contributed by atoms with Gasteiger partial charge in [0.05, 0.1) is 20.3 Å². The van der Waals surface area contributed by atoms with Crippen LogP contribution < -0.4 is 9.47 Å². The van der Waals surface area contributed by atoms with Crippen molar-refractivity contribution in [2.75, 3.05) is 14.2 Å². The number of hydrogen-bond acceptors (Lipinski definition) is 4. The van der Waals surface area contributed by atoms with Crippen LogP contribution in [0.4, 0.5) is 0 Å². The Hall–Kier alpha value is -1.71. The van der Waals surface area contributed by atoms with Crippen LogP contribution >= 0.6 is 0 Å². The van der Waals surface area contributed by atoms with E-state index in [2.05, 4.69) is 0 Å². The number of carbonyl (C=O) groups is 1. The Morgan fingerprint density at radius 3 is 2.37 bits per heavy atom. The molecule has 0 aliphatic carbocycles. The zero-order chi connectivity index (χ0) is 13.8. The molecule has 1 aliphatic heterocycles. The van der Waals surface area contributed by atoms with Crippen LogP contribution in [0.2, 0.25) is 0 Å². The molecule has 1 aromatic rings. The number of rotatable bonds is 4. The topological polar surface area (TPSA) is 44.8 Å². The Morgan fingerprint density at radius 2 is 1.84 bits per heavy atom. The van der Waals surface area contributed by atoms with Crippen molar-refractivity contribution in [3.05, 3.63) is 23.8 Å². The zero-order valence-electron chi connectivity index (χ0n) is 11.6. The Labute approximate surface area is 113 Å². The summed E-state index contributed by atoms with van der Waals surface area (Å²) in [6.07, 6.45) is 2.25. The minimum atomic E-state index is -0.0985. The third kappa shape index (κ3) is 3.63. The van der Waals surface area contributed by atoms with Crippen LogP contribution in [-0.4, -0.2) is 26.3 Å².